The van der Waals surface area contributed by atoms with E-state index in [-0.39, 0.29) is 11.9 Å². The second-order valence-electron chi connectivity index (χ2n) is 5.00. The van der Waals surface area contributed by atoms with Crippen molar-refractivity contribution < 1.29 is 9.53 Å². The Balaban J connectivity index is 1.97. The number of amides is 2. The van der Waals surface area contributed by atoms with E-state index in [1.54, 1.807) is 12.0 Å². The number of nitrogens with one attached hydrogen (secondary N) is 1. The smallest absolute Gasteiger partial charge is 0.321 e. The lowest BCUT2D eigenvalue weighted by atomic mass is 9.99. The molecular weight excluding hydrogens is 254 g/mol. The lowest BCUT2D eigenvalue weighted by Crippen LogP contribution is -2.40. The number of urea groups is 1. The lowest BCUT2D eigenvalue weighted by Gasteiger charge is -2.29. The Bertz CT molecular complexity index is 528. The van der Waals surface area contributed by atoms with Gasteiger partial charge < -0.3 is 15.0 Å². The summed E-state index contributed by atoms with van der Waals surface area (Å²) in [4.78, 5) is 13.9. The van der Waals surface area contributed by atoms with Gasteiger partial charge in [0.25, 0.3) is 0 Å². The number of nitrogens with zero attached hydrogens (tertiary/aromatic N) is 2. The summed E-state index contributed by atoms with van der Waals surface area (Å²) in [5, 5.41) is 11.8. The van der Waals surface area contributed by atoms with Crippen LogP contribution in [-0.2, 0) is 0 Å². The molecule has 1 N–H and O–H groups in total. The molecule has 0 aliphatic carbocycles. The van der Waals surface area contributed by atoms with Crippen molar-refractivity contribution in [3.63, 3.8) is 0 Å². The highest BCUT2D eigenvalue weighted by Gasteiger charge is 2.22. The minimum absolute atomic E-state index is 0.0850. The number of piperidine rings is 1. The van der Waals surface area contributed by atoms with Gasteiger partial charge in [0.1, 0.15) is 5.75 Å². The fraction of sp³-hybridized carbons (Fsp3) is 0.467. The molecular formula is C15H19N3O2. The van der Waals surface area contributed by atoms with Crippen molar-refractivity contribution in [1.29, 1.82) is 5.26 Å². The molecule has 0 radical (unpaired) electrons. The first kappa shape index (κ1) is 14.2. The number of anilines is 1. The number of methoxy groups -OCH3 is 1. The minimum Gasteiger partial charge on any atom is -0.497 e. The molecule has 1 saturated heterocycles. The van der Waals surface area contributed by atoms with E-state index in [0.29, 0.717) is 13.1 Å². The first-order chi connectivity index (χ1) is 9.63. The second-order valence-corrected chi connectivity index (χ2v) is 5.00. The molecule has 20 heavy (non-hydrogen) atoms. The van der Waals surface area contributed by atoms with E-state index < -0.39 is 0 Å². The fourth-order valence-electron chi connectivity index (χ4n) is 2.31. The second kappa shape index (κ2) is 6.29. The molecule has 5 nitrogen and oxygen atoms in total. The van der Waals surface area contributed by atoms with Crippen molar-refractivity contribution in [3.8, 4) is 11.8 Å². The molecule has 0 unspecified atom stereocenters. The van der Waals surface area contributed by atoms with Gasteiger partial charge in [-0.1, -0.05) is 0 Å². The van der Waals surface area contributed by atoms with Gasteiger partial charge in [-0.2, -0.15) is 5.26 Å². The van der Waals surface area contributed by atoms with Crippen molar-refractivity contribution in [2.24, 2.45) is 5.92 Å². The maximum atomic E-state index is 12.2. The number of hydrogen-bond acceptors (Lipinski definition) is 3. The van der Waals surface area contributed by atoms with E-state index in [4.69, 9.17) is 10.00 Å². The Morgan fingerprint density at radius 3 is 2.70 bits per heavy atom. The van der Waals surface area contributed by atoms with Crippen LogP contribution in [0.4, 0.5) is 10.5 Å². The van der Waals surface area contributed by atoms with Crippen LogP contribution < -0.4 is 10.1 Å². The van der Waals surface area contributed by atoms with E-state index in [1.807, 2.05) is 25.1 Å². The van der Waals surface area contributed by atoms with E-state index in [1.165, 1.54) is 0 Å². The first-order valence-corrected chi connectivity index (χ1v) is 6.74. The molecule has 0 spiro atoms. The first-order valence-electron chi connectivity index (χ1n) is 6.74. The number of nitriles is 1. The Hall–Kier alpha value is -2.22. The fourth-order valence-corrected chi connectivity index (χ4v) is 2.31. The van der Waals surface area contributed by atoms with Crippen LogP contribution in [0.15, 0.2) is 18.2 Å². The maximum absolute atomic E-state index is 12.2. The highest BCUT2D eigenvalue weighted by molar-refractivity contribution is 5.90. The van der Waals surface area contributed by atoms with Crippen LogP contribution in [0.2, 0.25) is 0 Å². The SMILES string of the molecule is COc1ccc(NC(=O)N2CCC(C#N)CC2)c(C)c1. The molecule has 106 valence electrons. The van der Waals surface area contributed by atoms with Crippen LogP contribution in [0, 0.1) is 24.2 Å². The van der Waals surface area contributed by atoms with E-state index in [0.717, 1.165) is 29.8 Å². The summed E-state index contributed by atoms with van der Waals surface area (Å²) >= 11 is 0. The molecule has 2 amide bonds. The third-order valence-electron chi connectivity index (χ3n) is 3.64. The normalized spacial score (nSPS) is 15.6. The number of carbonyl (C=O) groups is 1. The third kappa shape index (κ3) is 3.21. The monoisotopic (exact) mass is 273 g/mol. The number of hydrogen-bond donors (Lipinski definition) is 1. The number of benzene rings is 1. The molecule has 0 bridgehead atoms. The van der Waals surface area contributed by atoms with Gasteiger partial charge in [-0.15, -0.1) is 0 Å². The summed E-state index contributed by atoms with van der Waals surface area (Å²) in [5.74, 6) is 0.858. The van der Waals surface area contributed by atoms with Crippen molar-refractivity contribution in [1.82, 2.24) is 4.90 Å². The van der Waals surface area contributed by atoms with Gasteiger partial charge in [-0.05, 0) is 43.5 Å². The zero-order chi connectivity index (χ0) is 14.5. The number of likely N-dealkylation sites (tertiary alicyclic amines) is 1. The average Bonchev–Trinajstić information content (AvgIpc) is 2.49. The molecule has 1 aromatic rings. The zero-order valence-electron chi connectivity index (χ0n) is 11.8. The summed E-state index contributed by atoms with van der Waals surface area (Å²) in [5.41, 5.74) is 1.75. The minimum atomic E-state index is -0.102. The Labute approximate surface area is 119 Å². The predicted octanol–water partition coefficient (Wildman–Crippen LogP) is 2.77. The maximum Gasteiger partial charge on any atom is 0.321 e. The topological polar surface area (TPSA) is 65.4 Å². The standard InChI is InChI=1S/C15H19N3O2/c1-11-9-13(20-2)3-4-14(11)17-15(19)18-7-5-12(10-16)6-8-18/h3-4,9,12H,5-8H2,1-2H3,(H,17,19). The number of carbonyl (C=O) groups excluding carboxylic acids is 1. The summed E-state index contributed by atoms with van der Waals surface area (Å²) in [7, 11) is 1.62. The molecule has 1 fully saturated rings. The van der Waals surface area contributed by atoms with Crippen LogP contribution in [0.3, 0.4) is 0 Å². The summed E-state index contributed by atoms with van der Waals surface area (Å²) < 4.78 is 5.14. The molecule has 0 aromatic heterocycles. The van der Waals surface area contributed by atoms with Gasteiger partial charge in [0.2, 0.25) is 0 Å². The Kier molecular flexibility index (Phi) is 4.46. The molecule has 1 heterocycles. The number of ether oxygens (including phenoxy) is 1. The summed E-state index contributed by atoms with van der Waals surface area (Å²) in [6, 6.07) is 7.71. The van der Waals surface area contributed by atoms with Gasteiger partial charge >= 0.3 is 6.03 Å². The van der Waals surface area contributed by atoms with Gasteiger partial charge in [-0.3, -0.25) is 0 Å². The van der Waals surface area contributed by atoms with Gasteiger partial charge in [-0.25, -0.2) is 4.79 Å². The third-order valence-corrected chi connectivity index (χ3v) is 3.64. The van der Waals surface area contributed by atoms with E-state index in [9.17, 15) is 4.79 Å². The number of aryl methyl sites for hydroxylation is 1. The predicted molar refractivity (Wildman–Crippen MR) is 76.7 cm³/mol. The summed E-state index contributed by atoms with van der Waals surface area (Å²) in [6.07, 6.45) is 1.51. The van der Waals surface area contributed by atoms with Gasteiger partial charge in [0.15, 0.2) is 0 Å². The molecule has 1 aliphatic heterocycles. The zero-order valence-corrected chi connectivity index (χ0v) is 11.8. The summed E-state index contributed by atoms with van der Waals surface area (Å²) in [6.45, 7) is 3.21. The molecule has 2 rings (SSSR count). The average molecular weight is 273 g/mol. The van der Waals surface area contributed by atoms with Crippen LogP contribution in [0.25, 0.3) is 0 Å². The van der Waals surface area contributed by atoms with Crippen LogP contribution in [0.1, 0.15) is 18.4 Å². The van der Waals surface area contributed by atoms with Crippen molar-refractivity contribution in [2.75, 3.05) is 25.5 Å². The van der Waals surface area contributed by atoms with Crippen molar-refractivity contribution in [3.05, 3.63) is 23.8 Å². The van der Waals surface area contributed by atoms with Gasteiger partial charge in [0.05, 0.1) is 13.2 Å². The number of rotatable bonds is 2. The van der Waals surface area contributed by atoms with Crippen molar-refractivity contribution >= 4 is 11.7 Å². The quantitative estimate of drug-likeness (QED) is 0.901. The van der Waals surface area contributed by atoms with E-state index >= 15 is 0 Å². The van der Waals surface area contributed by atoms with Crippen LogP contribution in [0.5, 0.6) is 5.75 Å². The molecule has 1 aromatic carbocycles. The molecule has 1 aliphatic rings. The van der Waals surface area contributed by atoms with Gasteiger partial charge in [0, 0.05) is 24.7 Å². The van der Waals surface area contributed by atoms with Crippen molar-refractivity contribution in [2.45, 2.75) is 19.8 Å². The Morgan fingerprint density at radius 2 is 2.15 bits per heavy atom. The highest BCUT2D eigenvalue weighted by atomic mass is 16.5. The molecule has 0 atom stereocenters. The highest BCUT2D eigenvalue weighted by Crippen LogP contribution is 2.22. The molecule has 5 heteroatoms. The van der Waals surface area contributed by atoms with E-state index in [2.05, 4.69) is 11.4 Å². The largest absolute Gasteiger partial charge is 0.497 e. The van der Waals surface area contributed by atoms with Crippen LogP contribution >= 0.6 is 0 Å². The Morgan fingerprint density at radius 1 is 1.45 bits per heavy atom. The van der Waals surface area contributed by atoms with Crippen LogP contribution in [-0.4, -0.2) is 31.1 Å². The lowest BCUT2D eigenvalue weighted by molar-refractivity contribution is 0.192. The molecule has 0 saturated carbocycles.